The molecular weight excluding hydrogens is 220 g/mol. The van der Waals surface area contributed by atoms with Crippen molar-refractivity contribution in [2.24, 2.45) is 0 Å². The summed E-state index contributed by atoms with van der Waals surface area (Å²) in [6, 6.07) is 0.198. The fourth-order valence-electron chi connectivity index (χ4n) is 2.38. The van der Waals surface area contributed by atoms with Crippen LogP contribution in [0.3, 0.4) is 0 Å². The van der Waals surface area contributed by atoms with Crippen LogP contribution >= 0.6 is 0 Å². The number of hydrogen-bond donors (Lipinski definition) is 1. The van der Waals surface area contributed by atoms with Gasteiger partial charge in [-0.1, -0.05) is 6.42 Å². The standard InChI is InChI=1S/C12H22N2O3/c1-3-13(10(2)15)8-11-6-4-5-7-14(11)9-12(16)17/h11H,3-9H2,1-2H3,(H,16,17). The number of hydrogen-bond acceptors (Lipinski definition) is 3. The molecule has 1 fully saturated rings. The smallest absolute Gasteiger partial charge is 0.317 e. The monoisotopic (exact) mass is 242 g/mol. The molecule has 0 radical (unpaired) electrons. The summed E-state index contributed by atoms with van der Waals surface area (Å²) in [5.74, 6) is -0.726. The molecule has 5 heteroatoms. The number of aliphatic carboxylic acids is 1. The number of carboxylic acid groups (broad SMARTS) is 1. The molecular formula is C12H22N2O3. The lowest BCUT2D eigenvalue weighted by molar-refractivity contribution is -0.139. The summed E-state index contributed by atoms with van der Waals surface area (Å²) in [7, 11) is 0. The van der Waals surface area contributed by atoms with Gasteiger partial charge in [0, 0.05) is 26.1 Å². The van der Waals surface area contributed by atoms with Crippen LogP contribution in [0.15, 0.2) is 0 Å². The summed E-state index contributed by atoms with van der Waals surface area (Å²) in [5.41, 5.74) is 0. The first kappa shape index (κ1) is 14.0. The summed E-state index contributed by atoms with van der Waals surface area (Å²) in [5, 5.41) is 8.86. The zero-order valence-electron chi connectivity index (χ0n) is 10.7. The van der Waals surface area contributed by atoms with E-state index in [1.54, 1.807) is 11.8 Å². The van der Waals surface area contributed by atoms with Gasteiger partial charge in [0.15, 0.2) is 0 Å². The van der Waals surface area contributed by atoms with Crippen LogP contribution in [0, 0.1) is 0 Å². The highest BCUT2D eigenvalue weighted by molar-refractivity contribution is 5.73. The second-order valence-electron chi connectivity index (χ2n) is 4.57. The van der Waals surface area contributed by atoms with Crippen molar-refractivity contribution in [1.82, 2.24) is 9.80 Å². The molecule has 1 rings (SSSR count). The van der Waals surface area contributed by atoms with Gasteiger partial charge in [-0.05, 0) is 26.3 Å². The van der Waals surface area contributed by atoms with Crippen molar-refractivity contribution in [2.45, 2.75) is 39.2 Å². The van der Waals surface area contributed by atoms with Crippen molar-refractivity contribution >= 4 is 11.9 Å². The quantitative estimate of drug-likeness (QED) is 0.774. The number of amides is 1. The fraction of sp³-hybridized carbons (Fsp3) is 0.833. The first-order valence-corrected chi connectivity index (χ1v) is 6.26. The SMILES string of the molecule is CCN(CC1CCCCN1CC(=O)O)C(C)=O. The number of nitrogens with zero attached hydrogens (tertiary/aromatic N) is 2. The average molecular weight is 242 g/mol. The summed E-state index contributed by atoms with van der Waals surface area (Å²) in [6.45, 7) is 5.76. The third-order valence-corrected chi connectivity index (χ3v) is 3.35. The first-order chi connectivity index (χ1) is 8.04. The van der Waals surface area contributed by atoms with Crippen LogP contribution in [0.4, 0.5) is 0 Å². The van der Waals surface area contributed by atoms with Crippen LogP contribution in [0.1, 0.15) is 33.1 Å². The van der Waals surface area contributed by atoms with Gasteiger partial charge in [-0.3, -0.25) is 14.5 Å². The topological polar surface area (TPSA) is 60.9 Å². The Kier molecular flexibility index (Phi) is 5.41. The molecule has 0 saturated carbocycles. The van der Waals surface area contributed by atoms with Crippen LogP contribution in [-0.2, 0) is 9.59 Å². The average Bonchev–Trinajstić information content (AvgIpc) is 2.26. The predicted octanol–water partition coefficient (Wildman–Crippen LogP) is 0.794. The number of likely N-dealkylation sites (tertiary alicyclic amines) is 1. The molecule has 1 unspecified atom stereocenters. The second kappa shape index (κ2) is 6.59. The van der Waals surface area contributed by atoms with Gasteiger partial charge in [0.05, 0.1) is 6.54 Å². The number of piperidine rings is 1. The minimum atomic E-state index is -0.789. The van der Waals surface area contributed by atoms with Gasteiger partial charge in [-0.25, -0.2) is 0 Å². The lowest BCUT2D eigenvalue weighted by atomic mass is 10.0. The Morgan fingerprint density at radius 1 is 1.41 bits per heavy atom. The van der Waals surface area contributed by atoms with Gasteiger partial charge in [-0.15, -0.1) is 0 Å². The Hall–Kier alpha value is -1.10. The van der Waals surface area contributed by atoms with Crippen LogP contribution in [0.2, 0.25) is 0 Å². The lowest BCUT2D eigenvalue weighted by Gasteiger charge is -2.37. The second-order valence-corrected chi connectivity index (χ2v) is 4.57. The molecule has 0 aromatic carbocycles. The van der Waals surface area contributed by atoms with Gasteiger partial charge < -0.3 is 10.0 Å². The number of carboxylic acids is 1. The molecule has 1 N–H and O–H groups in total. The largest absolute Gasteiger partial charge is 0.480 e. The molecule has 0 bridgehead atoms. The van der Waals surface area contributed by atoms with Crippen LogP contribution in [0.25, 0.3) is 0 Å². The van der Waals surface area contributed by atoms with Crippen LogP contribution in [0.5, 0.6) is 0 Å². The van der Waals surface area contributed by atoms with E-state index in [0.717, 1.165) is 25.8 Å². The number of carbonyl (C=O) groups excluding carboxylic acids is 1. The molecule has 1 aliphatic rings. The molecule has 1 amide bonds. The maximum atomic E-state index is 11.4. The molecule has 1 aliphatic heterocycles. The molecule has 0 aliphatic carbocycles. The van der Waals surface area contributed by atoms with Gasteiger partial charge in [0.25, 0.3) is 0 Å². The molecule has 0 aromatic heterocycles. The zero-order valence-corrected chi connectivity index (χ0v) is 10.7. The van der Waals surface area contributed by atoms with Crippen molar-refractivity contribution in [3.05, 3.63) is 0 Å². The van der Waals surface area contributed by atoms with Crippen molar-refractivity contribution in [1.29, 1.82) is 0 Å². The van der Waals surface area contributed by atoms with Crippen molar-refractivity contribution in [3.63, 3.8) is 0 Å². The van der Waals surface area contributed by atoms with Gasteiger partial charge in [-0.2, -0.15) is 0 Å². The minimum Gasteiger partial charge on any atom is -0.480 e. The van der Waals surface area contributed by atoms with Crippen LogP contribution in [-0.4, -0.2) is 59.0 Å². The number of rotatable bonds is 5. The van der Waals surface area contributed by atoms with Crippen molar-refractivity contribution in [2.75, 3.05) is 26.2 Å². The summed E-state index contributed by atoms with van der Waals surface area (Å²) in [4.78, 5) is 25.9. The van der Waals surface area contributed by atoms with E-state index < -0.39 is 5.97 Å². The van der Waals surface area contributed by atoms with Crippen molar-refractivity contribution in [3.8, 4) is 0 Å². The van der Waals surface area contributed by atoms with E-state index in [-0.39, 0.29) is 18.5 Å². The Morgan fingerprint density at radius 3 is 2.65 bits per heavy atom. The molecule has 0 aromatic rings. The van der Waals surface area contributed by atoms with Gasteiger partial charge in [0.2, 0.25) is 5.91 Å². The van der Waals surface area contributed by atoms with Crippen LogP contribution < -0.4 is 0 Å². The van der Waals surface area contributed by atoms with E-state index in [0.29, 0.717) is 13.1 Å². The Labute approximate surface area is 102 Å². The summed E-state index contributed by atoms with van der Waals surface area (Å²) < 4.78 is 0. The van der Waals surface area contributed by atoms with E-state index in [2.05, 4.69) is 0 Å². The van der Waals surface area contributed by atoms with E-state index in [4.69, 9.17) is 5.11 Å². The molecule has 1 atom stereocenters. The van der Waals surface area contributed by atoms with E-state index in [1.165, 1.54) is 0 Å². The molecule has 5 nitrogen and oxygen atoms in total. The summed E-state index contributed by atoms with van der Waals surface area (Å²) >= 11 is 0. The fourth-order valence-corrected chi connectivity index (χ4v) is 2.38. The third kappa shape index (κ3) is 4.34. The third-order valence-electron chi connectivity index (χ3n) is 3.35. The molecule has 17 heavy (non-hydrogen) atoms. The van der Waals surface area contributed by atoms with E-state index >= 15 is 0 Å². The molecule has 98 valence electrons. The number of likely N-dealkylation sites (N-methyl/N-ethyl adjacent to an activating group) is 1. The van der Waals surface area contributed by atoms with Gasteiger partial charge >= 0.3 is 5.97 Å². The normalized spacial score (nSPS) is 21.2. The zero-order chi connectivity index (χ0) is 12.8. The Morgan fingerprint density at radius 2 is 2.12 bits per heavy atom. The van der Waals surface area contributed by atoms with E-state index in [9.17, 15) is 9.59 Å². The molecule has 0 spiro atoms. The molecule has 1 saturated heterocycles. The number of carbonyl (C=O) groups is 2. The Balaban J connectivity index is 2.57. The highest BCUT2D eigenvalue weighted by atomic mass is 16.4. The van der Waals surface area contributed by atoms with Gasteiger partial charge in [0.1, 0.15) is 0 Å². The summed E-state index contributed by atoms with van der Waals surface area (Å²) in [6.07, 6.45) is 3.16. The van der Waals surface area contributed by atoms with E-state index in [1.807, 2.05) is 11.8 Å². The lowest BCUT2D eigenvalue weighted by Crippen LogP contribution is -2.49. The molecule has 1 heterocycles. The first-order valence-electron chi connectivity index (χ1n) is 6.26. The predicted molar refractivity (Wildman–Crippen MR) is 64.8 cm³/mol. The van der Waals surface area contributed by atoms with Crippen molar-refractivity contribution < 1.29 is 14.7 Å². The maximum absolute atomic E-state index is 11.4. The minimum absolute atomic E-state index is 0.0633. The maximum Gasteiger partial charge on any atom is 0.317 e. The highest BCUT2D eigenvalue weighted by Crippen LogP contribution is 2.17. The Bertz CT molecular complexity index is 281. The highest BCUT2D eigenvalue weighted by Gasteiger charge is 2.26.